The molecule has 0 bridgehead atoms. The van der Waals surface area contributed by atoms with Crippen molar-refractivity contribution in [1.82, 2.24) is 0 Å². The van der Waals surface area contributed by atoms with Gasteiger partial charge in [-0.1, -0.05) is 104 Å². The second-order valence-electron chi connectivity index (χ2n) is 10.8. The third-order valence-electron chi connectivity index (χ3n) is 7.23. The lowest BCUT2D eigenvalue weighted by Crippen LogP contribution is -2.07. The molecule has 0 amide bonds. The zero-order valence-electron chi connectivity index (χ0n) is 24.9. The largest absolute Gasteiger partial charge is 0.494 e. The maximum absolute atomic E-state index is 12.4. The van der Waals surface area contributed by atoms with Crippen LogP contribution in [-0.4, -0.2) is 19.0 Å². The van der Waals surface area contributed by atoms with Crippen LogP contribution in [0.1, 0.15) is 121 Å². The van der Waals surface area contributed by atoms with Gasteiger partial charge in [0.25, 0.3) is 0 Å². The Morgan fingerprint density at radius 2 is 1.23 bits per heavy atom. The van der Waals surface area contributed by atoms with Crippen molar-refractivity contribution in [3.05, 3.63) is 66.4 Å². The van der Waals surface area contributed by atoms with E-state index in [0.717, 1.165) is 36.6 Å². The third-order valence-corrected chi connectivity index (χ3v) is 7.23. The summed E-state index contributed by atoms with van der Waals surface area (Å²) in [4.78, 5) is 12.4. The molecule has 0 fully saturated rings. The first-order valence-electron chi connectivity index (χ1n) is 15.6. The van der Waals surface area contributed by atoms with Crippen LogP contribution >= 0.6 is 0 Å². The molecule has 0 saturated carbocycles. The molecule has 1 atom stereocenters. The summed E-state index contributed by atoms with van der Waals surface area (Å²) in [6, 6.07) is 15.2. The van der Waals surface area contributed by atoms with E-state index < -0.39 is 0 Å². The number of carbonyl (C=O) groups excluding carboxylic acids is 1. The lowest BCUT2D eigenvalue weighted by molar-refractivity contribution is 0.104. The number of allylic oxidation sites excluding steroid dienone is 1. The van der Waals surface area contributed by atoms with E-state index in [4.69, 9.17) is 9.47 Å². The molecule has 2 aromatic rings. The molecule has 39 heavy (non-hydrogen) atoms. The van der Waals surface area contributed by atoms with Crippen molar-refractivity contribution in [3.63, 3.8) is 0 Å². The van der Waals surface area contributed by atoms with Crippen LogP contribution in [0, 0.1) is 5.92 Å². The van der Waals surface area contributed by atoms with E-state index in [0.29, 0.717) is 18.1 Å². The number of nitrogens with one attached hydrogen (secondary N) is 1. The van der Waals surface area contributed by atoms with Crippen LogP contribution in [0.2, 0.25) is 0 Å². The van der Waals surface area contributed by atoms with Gasteiger partial charge in [0.05, 0.1) is 13.2 Å². The summed E-state index contributed by atoms with van der Waals surface area (Å²) >= 11 is 0. The van der Waals surface area contributed by atoms with Crippen LogP contribution in [0.4, 0.5) is 5.69 Å². The fraction of sp³-hybridized carbons (Fsp3) is 0.571. The minimum atomic E-state index is -0.0475. The average molecular weight is 536 g/mol. The van der Waals surface area contributed by atoms with E-state index >= 15 is 0 Å². The molecule has 2 rings (SSSR count). The van der Waals surface area contributed by atoms with Gasteiger partial charge in [0.15, 0.2) is 5.78 Å². The highest BCUT2D eigenvalue weighted by Crippen LogP contribution is 2.18. The van der Waals surface area contributed by atoms with Gasteiger partial charge in [-0.25, -0.2) is 0 Å². The minimum absolute atomic E-state index is 0.0475. The number of anilines is 1. The number of unbranched alkanes of at least 4 members (excludes halogenated alkanes) is 12. The number of rotatable bonds is 23. The molecule has 0 aliphatic rings. The highest BCUT2D eigenvalue weighted by Gasteiger charge is 2.04. The van der Waals surface area contributed by atoms with Gasteiger partial charge in [0, 0.05) is 23.5 Å². The summed E-state index contributed by atoms with van der Waals surface area (Å²) in [5.41, 5.74) is 1.56. The van der Waals surface area contributed by atoms with Crippen molar-refractivity contribution < 1.29 is 14.3 Å². The molecular formula is C35H53NO3. The Morgan fingerprint density at radius 3 is 1.79 bits per heavy atom. The average Bonchev–Trinajstić information content (AvgIpc) is 2.97. The van der Waals surface area contributed by atoms with Crippen LogP contribution in [0.5, 0.6) is 11.5 Å². The van der Waals surface area contributed by atoms with Gasteiger partial charge in [-0.2, -0.15) is 0 Å². The monoisotopic (exact) mass is 535 g/mol. The van der Waals surface area contributed by atoms with Crippen LogP contribution in [0.25, 0.3) is 0 Å². The normalized spacial score (nSPS) is 12.0. The molecule has 0 unspecified atom stereocenters. The van der Waals surface area contributed by atoms with E-state index in [1.165, 1.54) is 77.0 Å². The smallest absolute Gasteiger partial charge is 0.187 e. The number of ether oxygens (including phenoxy) is 2. The first-order chi connectivity index (χ1) is 19.1. The van der Waals surface area contributed by atoms with E-state index in [1.807, 2.05) is 48.5 Å². The molecule has 4 heteroatoms. The molecular weight excluding hydrogens is 482 g/mol. The van der Waals surface area contributed by atoms with Crippen molar-refractivity contribution in [2.75, 3.05) is 18.5 Å². The first-order valence-corrected chi connectivity index (χ1v) is 15.6. The first kappa shape index (κ1) is 32.5. The number of hydrogen-bond donors (Lipinski definition) is 1. The van der Waals surface area contributed by atoms with Crippen molar-refractivity contribution in [2.24, 2.45) is 5.92 Å². The fourth-order valence-electron chi connectivity index (χ4n) is 4.34. The maximum Gasteiger partial charge on any atom is 0.187 e. The minimum Gasteiger partial charge on any atom is -0.494 e. The van der Waals surface area contributed by atoms with Gasteiger partial charge in [-0.15, -0.1) is 0 Å². The maximum atomic E-state index is 12.4. The molecule has 1 N–H and O–H groups in total. The summed E-state index contributed by atoms with van der Waals surface area (Å²) in [5, 5.41) is 3.16. The molecule has 0 saturated heterocycles. The van der Waals surface area contributed by atoms with Crippen LogP contribution in [0.15, 0.2) is 60.8 Å². The highest BCUT2D eigenvalue weighted by molar-refractivity contribution is 6.04. The van der Waals surface area contributed by atoms with E-state index in [9.17, 15) is 4.79 Å². The standard InChI is InChI=1S/C35H53NO3/c1-4-6-7-8-9-10-11-12-13-14-15-16-17-28-38-33-24-20-32(21-25-33)36-27-26-35(37)31-18-22-34(23-19-31)39-29-30(3)5-2/h18-27,30,36H,4-17,28-29H2,1-3H3/b27-26+/t30-/m0/s1. The van der Waals surface area contributed by atoms with Gasteiger partial charge >= 0.3 is 0 Å². The topological polar surface area (TPSA) is 47.6 Å². The van der Waals surface area contributed by atoms with Crippen molar-refractivity contribution in [3.8, 4) is 11.5 Å². The van der Waals surface area contributed by atoms with Gasteiger partial charge in [0.2, 0.25) is 0 Å². The number of hydrogen-bond acceptors (Lipinski definition) is 4. The van der Waals surface area contributed by atoms with Gasteiger partial charge in [0.1, 0.15) is 11.5 Å². The molecule has 0 radical (unpaired) electrons. The zero-order chi connectivity index (χ0) is 28.0. The highest BCUT2D eigenvalue weighted by atomic mass is 16.5. The van der Waals surface area contributed by atoms with Crippen LogP contribution in [0.3, 0.4) is 0 Å². The summed E-state index contributed by atoms with van der Waals surface area (Å²) in [5.74, 6) is 2.15. The Labute approximate surface area is 238 Å². The number of ketones is 1. The molecule has 0 aromatic heterocycles. The summed E-state index contributed by atoms with van der Waals surface area (Å²) in [6.45, 7) is 8.05. The molecule has 216 valence electrons. The Morgan fingerprint density at radius 1 is 0.718 bits per heavy atom. The number of carbonyl (C=O) groups is 1. The Hall–Kier alpha value is -2.75. The second-order valence-corrected chi connectivity index (χ2v) is 10.8. The molecule has 0 spiro atoms. The van der Waals surface area contributed by atoms with E-state index in [2.05, 4.69) is 26.1 Å². The van der Waals surface area contributed by atoms with Crippen LogP contribution < -0.4 is 14.8 Å². The van der Waals surface area contributed by atoms with Gasteiger partial charge in [-0.3, -0.25) is 4.79 Å². The Kier molecular flexibility index (Phi) is 17.6. The predicted molar refractivity (Wildman–Crippen MR) is 166 cm³/mol. The van der Waals surface area contributed by atoms with Crippen molar-refractivity contribution in [2.45, 2.75) is 111 Å². The van der Waals surface area contributed by atoms with Gasteiger partial charge < -0.3 is 14.8 Å². The lowest BCUT2D eigenvalue weighted by atomic mass is 10.0. The molecule has 0 aliphatic heterocycles. The Bertz CT molecular complexity index is 904. The van der Waals surface area contributed by atoms with Crippen LogP contribution in [-0.2, 0) is 0 Å². The van der Waals surface area contributed by atoms with E-state index in [-0.39, 0.29) is 5.78 Å². The SMILES string of the molecule is CCCCCCCCCCCCCCCOc1ccc(N/C=C/C(=O)c2ccc(OC[C@@H](C)CC)cc2)cc1. The van der Waals surface area contributed by atoms with E-state index in [1.54, 1.807) is 12.3 Å². The second kappa shape index (κ2) is 21.1. The molecule has 0 aliphatic carbocycles. The lowest BCUT2D eigenvalue weighted by Gasteiger charge is -2.10. The third kappa shape index (κ3) is 15.4. The Balaban J connectivity index is 1.52. The summed E-state index contributed by atoms with van der Waals surface area (Å²) in [7, 11) is 0. The van der Waals surface area contributed by atoms with Crippen molar-refractivity contribution in [1.29, 1.82) is 0 Å². The molecule has 2 aromatic carbocycles. The quantitative estimate of drug-likeness (QED) is 0.0873. The summed E-state index contributed by atoms with van der Waals surface area (Å²) in [6.07, 6.45) is 21.9. The molecule has 0 heterocycles. The predicted octanol–water partition coefficient (Wildman–Crippen LogP) is 10.4. The number of benzene rings is 2. The summed E-state index contributed by atoms with van der Waals surface area (Å²) < 4.78 is 11.7. The van der Waals surface area contributed by atoms with Crippen molar-refractivity contribution >= 4 is 11.5 Å². The zero-order valence-corrected chi connectivity index (χ0v) is 24.9. The van der Waals surface area contributed by atoms with Gasteiger partial charge in [-0.05, 0) is 60.9 Å². The molecule has 4 nitrogen and oxygen atoms in total. The fourth-order valence-corrected chi connectivity index (χ4v) is 4.34.